The maximum absolute atomic E-state index is 13.9. The summed E-state index contributed by atoms with van der Waals surface area (Å²) in [5.41, 5.74) is 3.78. The Hall–Kier alpha value is -3.85. The minimum atomic E-state index is -3.63. The third-order valence-electron chi connectivity index (χ3n) is 8.75. The highest BCUT2D eigenvalue weighted by atomic mass is 32.2. The largest absolute Gasteiger partial charge is 0.374 e. The summed E-state index contributed by atoms with van der Waals surface area (Å²) >= 11 is 0. The molecule has 5 atom stereocenters. The van der Waals surface area contributed by atoms with E-state index in [1.54, 1.807) is 6.07 Å². The fourth-order valence-corrected chi connectivity index (χ4v) is 8.48. The molecule has 7 rings (SSSR count). The van der Waals surface area contributed by atoms with E-state index in [1.807, 2.05) is 121 Å². The van der Waals surface area contributed by atoms with Crippen molar-refractivity contribution in [2.24, 2.45) is 5.92 Å². The predicted octanol–water partition coefficient (Wildman–Crippen LogP) is 7.07. The van der Waals surface area contributed by atoms with Crippen molar-refractivity contribution in [3.05, 3.63) is 150 Å². The molecule has 1 saturated heterocycles. The van der Waals surface area contributed by atoms with Crippen molar-refractivity contribution in [3.63, 3.8) is 0 Å². The topological polar surface area (TPSA) is 71.1 Å². The summed E-state index contributed by atoms with van der Waals surface area (Å²) in [5, 5.41) is 1.85. The van der Waals surface area contributed by atoms with Crippen molar-refractivity contribution in [1.29, 1.82) is 0 Å². The second kappa shape index (κ2) is 13.3. The summed E-state index contributed by atoms with van der Waals surface area (Å²) in [6, 6.07) is 41.4. The Morgan fingerprint density at radius 2 is 1.18 bits per heavy atom. The molecule has 2 aliphatic rings. The first-order valence-corrected chi connectivity index (χ1v) is 17.0. The molecule has 5 aromatic carbocycles. The first-order chi connectivity index (χ1) is 22.1. The molecule has 7 heteroatoms. The van der Waals surface area contributed by atoms with Gasteiger partial charge in [0.25, 0.3) is 0 Å². The molecule has 2 aliphatic heterocycles. The third kappa shape index (κ3) is 6.45. The highest BCUT2D eigenvalue weighted by Gasteiger charge is 2.53. The van der Waals surface area contributed by atoms with Crippen LogP contribution < -0.4 is 0 Å². The minimum absolute atomic E-state index is 0.0920. The molecule has 0 N–H and O–H groups in total. The normalized spacial score (nSPS) is 23.7. The van der Waals surface area contributed by atoms with Gasteiger partial charge in [-0.3, -0.25) is 0 Å². The number of fused-ring (bicyclic) bond motifs is 5. The molecule has 45 heavy (non-hydrogen) atoms. The van der Waals surface area contributed by atoms with Gasteiger partial charge in [0.05, 0.1) is 49.3 Å². The molecule has 0 aliphatic carbocycles. The lowest BCUT2D eigenvalue weighted by atomic mass is 9.82. The summed E-state index contributed by atoms with van der Waals surface area (Å²) in [6.07, 6.45) is -2.16. The lowest BCUT2D eigenvalue weighted by Gasteiger charge is -2.48. The van der Waals surface area contributed by atoms with Crippen molar-refractivity contribution >= 4 is 20.6 Å². The summed E-state index contributed by atoms with van der Waals surface area (Å²) in [7, 11) is -3.63. The van der Waals surface area contributed by atoms with Gasteiger partial charge < -0.3 is 18.9 Å². The van der Waals surface area contributed by atoms with Crippen molar-refractivity contribution in [2.75, 3.05) is 12.4 Å². The summed E-state index contributed by atoms with van der Waals surface area (Å²) < 4.78 is 54.4. The molecule has 0 amide bonds. The highest BCUT2D eigenvalue weighted by Crippen LogP contribution is 2.49. The van der Waals surface area contributed by atoms with Gasteiger partial charge in [-0.1, -0.05) is 121 Å². The van der Waals surface area contributed by atoms with Crippen molar-refractivity contribution in [3.8, 4) is 0 Å². The Morgan fingerprint density at radius 1 is 0.622 bits per heavy atom. The van der Waals surface area contributed by atoms with Gasteiger partial charge >= 0.3 is 0 Å². The molecular weight excluding hydrogens is 584 g/mol. The van der Waals surface area contributed by atoms with Gasteiger partial charge in [-0.15, -0.1) is 0 Å². The van der Waals surface area contributed by atoms with E-state index < -0.39 is 40.2 Å². The Balaban J connectivity index is 1.28. The number of ether oxygens (including phenoxy) is 4. The van der Waals surface area contributed by atoms with Crippen LogP contribution in [0.2, 0.25) is 0 Å². The molecule has 2 heterocycles. The fourth-order valence-electron chi connectivity index (χ4n) is 6.60. The molecule has 0 unspecified atom stereocenters. The van der Waals surface area contributed by atoms with Gasteiger partial charge in [0.2, 0.25) is 0 Å². The lowest BCUT2D eigenvalue weighted by molar-refractivity contribution is -0.244. The van der Waals surface area contributed by atoms with Crippen molar-refractivity contribution in [1.82, 2.24) is 0 Å². The zero-order chi connectivity index (χ0) is 30.6. The van der Waals surface area contributed by atoms with E-state index in [0.717, 1.165) is 27.5 Å². The molecule has 5 aromatic rings. The van der Waals surface area contributed by atoms with E-state index in [9.17, 15) is 8.42 Å². The van der Waals surface area contributed by atoms with Gasteiger partial charge in [-0.05, 0) is 33.5 Å². The van der Waals surface area contributed by atoms with E-state index in [1.165, 1.54) is 0 Å². The molecule has 6 nitrogen and oxygen atoms in total. The number of hydrogen-bond acceptors (Lipinski definition) is 6. The van der Waals surface area contributed by atoms with Crippen LogP contribution in [-0.2, 0) is 48.6 Å². The average molecular weight is 621 g/mol. The zero-order valence-electron chi connectivity index (χ0n) is 24.9. The highest BCUT2D eigenvalue weighted by molar-refractivity contribution is 7.91. The smallest absolute Gasteiger partial charge is 0.179 e. The zero-order valence-corrected chi connectivity index (χ0v) is 25.7. The van der Waals surface area contributed by atoms with Crippen LogP contribution in [0.3, 0.4) is 0 Å². The van der Waals surface area contributed by atoms with Gasteiger partial charge in [-0.25, -0.2) is 8.42 Å². The van der Waals surface area contributed by atoms with Gasteiger partial charge in [-0.2, -0.15) is 0 Å². The van der Waals surface area contributed by atoms with Gasteiger partial charge in [0.1, 0.15) is 12.2 Å². The van der Waals surface area contributed by atoms with Crippen molar-refractivity contribution in [2.45, 2.75) is 49.1 Å². The number of sulfone groups is 1. The number of hydrogen-bond donors (Lipinski definition) is 0. The number of benzene rings is 5. The monoisotopic (exact) mass is 620 g/mol. The van der Waals surface area contributed by atoms with Gasteiger partial charge in [0, 0.05) is 11.5 Å². The molecule has 0 spiro atoms. The minimum Gasteiger partial charge on any atom is -0.374 e. The van der Waals surface area contributed by atoms with E-state index >= 15 is 0 Å². The quantitative estimate of drug-likeness (QED) is 0.166. The maximum Gasteiger partial charge on any atom is 0.179 e. The molecule has 0 aromatic heterocycles. The molecule has 0 radical (unpaired) electrons. The maximum atomic E-state index is 13.9. The molecule has 1 fully saturated rings. The molecule has 230 valence electrons. The second-order valence-electron chi connectivity index (χ2n) is 11.8. The van der Waals surface area contributed by atoms with Crippen LogP contribution in [0.5, 0.6) is 0 Å². The van der Waals surface area contributed by atoms with E-state index in [2.05, 4.69) is 0 Å². The summed E-state index contributed by atoms with van der Waals surface area (Å²) in [6.45, 7) is 1.33. The SMILES string of the molecule is O=S1(=O)C[C@@H]2[C@@H](OCc3ccccc3)[C@H](OCc3ccccc3)[C@@H](COCc3ccccc3)O[C@@H]2c2c1ccc1ccccc21. The number of rotatable bonds is 10. The van der Waals surface area contributed by atoms with Crippen molar-refractivity contribution < 1.29 is 27.4 Å². The van der Waals surface area contributed by atoms with Crippen LogP contribution in [0.25, 0.3) is 10.8 Å². The molecule has 0 bridgehead atoms. The van der Waals surface area contributed by atoms with Crippen LogP contribution in [-0.4, -0.2) is 39.1 Å². The summed E-state index contributed by atoms with van der Waals surface area (Å²) in [4.78, 5) is 0.330. The first-order valence-electron chi connectivity index (χ1n) is 15.4. The van der Waals surface area contributed by atoms with Gasteiger partial charge in [0.15, 0.2) is 9.84 Å². The summed E-state index contributed by atoms with van der Waals surface area (Å²) in [5.74, 6) is -0.575. The van der Waals surface area contributed by atoms with E-state index in [4.69, 9.17) is 18.9 Å². The Morgan fingerprint density at radius 3 is 1.82 bits per heavy atom. The Kier molecular flexibility index (Phi) is 8.79. The molecular formula is C38H36O6S. The van der Waals surface area contributed by atoms with Crippen LogP contribution in [0.4, 0.5) is 0 Å². The Bertz CT molecular complexity index is 1830. The standard InChI is InChI=1S/C38H36O6S/c39-45(40)26-32-36(35-31-19-11-10-18-30(31)20-21-34(35)45)44-33(25-41-22-27-12-4-1-5-13-27)38(43-24-29-16-8-3-9-17-29)37(32)42-23-28-14-6-2-7-15-28/h1-21,32-33,36-38H,22-26H2/t32-,33+,36-,37+,38+/m0/s1. The van der Waals surface area contributed by atoms with Crippen LogP contribution in [0, 0.1) is 5.92 Å². The second-order valence-corrected chi connectivity index (χ2v) is 13.8. The van der Waals surface area contributed by atoms with E-state index in [0.29, 0.717) is 30.3 Å². The predicted molar refractivity (Wildman–Crippen MR) is 173 cm³/mol. The van der Waals surface area contributed by atoms with Crippen LogP contribution in [0.1, 0.15) is 28.4 Å². The molecule has 0 saturated carbocycles. The third-order valence-corrected chi connectivity index (χ3v) is 10.6. The average Bonchev–Trinajstić information content (AvgIpc) is 3.08. The Labute approximate surface area is 264 Å². The first kappa shape index (κ1) is 29.8. The van der Waals surface area contributed by atoms with E-state index in [-0.39, 0.29) is 12.4 Å². The van der Waals surface area contributed by atoms with Crippen LogP contribution >= 0.6 is 0 Å². The fraction of sp³-hybridized carbons (Fsp3) is 0.263. The van der Waals surface area contributed by atoms with Crippen LogP contribution in [0.15, 0.2) is 132 Å². The lowest BCUT2D eigenvalue weighted by Crippen LogP contribution is -2.57.